The highest BCUT2D eigenvalue weighted by atomic mass is 16.2. The van der Waals surface area contributed by atoms with Crippen LogP contribution in [0.2, 0.25) is 0 Å². The molecule has 1 saturated heterocycles. The van der Waals surface area contributed by atoms with E-state index in [-0.39, 0.29) is 11.8 Å². The van der Waals surface area contributed by atoms with Crippen molar-refractivity contribution >= 4 is 23.2 Å². The van der Waals surface area contributed by atoms with E-state index in [0.717, 1.165) is 47.5 Å². The minimum Gasteiger partial charge on any atom is -0.325 e. The van der Waals surface area contributed by atoms with Crippen molar-refractivity contribution in [1.29, 1.82) is 0 Å². The van der Waals surface area contributed by atoms with Crippen LogP contribution in [0.4, 0.5) is 11.4 Å². The standard InChI is InChI=1S/C21H24N2O2/c1-3-17-7-4-6-15(2)21(17)22-19(24)14-16-9-11-18(12-10-16)23-13-5-8-20(23)25/h4,6-7,9-12H,3,5,8,13-14H2,1-2H3,(H,22,24). The summed E-state index contributed by atoms with van der Waals surface area (Å²) in [5.41, 5.74) is 5.01. The summed E-state index contributed by atoms with van der Waals surface area (Å²) in [4.78, 5) is 26.0. The molecule has 1 fully saturated rings. The minimum atomic E-state index is -0.0194. The first-order valence-electron chi connectivity index (χ1n) is 8.86. The zero-order valence-corrected chi connectivity index (χ0v) is 14.8. The highest BCUT2D eigenvalue weighted by molar-refractivity contribution is 5.96. The molecule has 130 valence electrons. The Morgan fingerprint density at radius 1 is 1.16 bits per heavy atom. The summed E-state index contributed by atoms with van der Waals surface area (Å²) in [5, 5.41) is 3.05. The first-order valence-corrected chi connectivity index (χ1v) is 8.86. The minimum absolute atomic E-state index is 0.0194. The van der Waals surface area contributed by atoms with Crippen LogP contribution < -0.4 is 10.2 Å². The number of hydrogen-bond acceptors (Lipinski definition) is 2. The second-order valence-corrected chi connectivity index (χ2v) is 6.50. The Morgan fingerprint density at radius 3 is 2.56 bits per heavy atom. The molecule has 0 atom stereocenters. The highest BCUT2D eigenvalue weighted by Gasteiger charge is 2.21. The topological polar surface area (TPSA) is 49.4 Å². The maximum atomic E-state index is 12.4. The lowest BCUT2D eigenvalue weighted by Crippen LogP contribution is -2.23. The van der Waals surface area contributed by atoms with Crippen molar-refractivity contribution in [3.8, 4) is 0 Å². The molecule has 4 heteroatoms. The molecule has 1 aliphatic rings. The number of anilines is 2. The van der Waals surface area contributed by atoms with Crippen LogP contribution in [-0.2, 0) is 22.4 Å². The maximum absolute atomic E-state index is 12.4. The van der Waals surface area contributed by atoms with Gasteiger partial charge in [-0.15, -0.1) is 0 Å². The van der Waals surface area contributed by atoms with E-state index in [9.17, 15) is 9.59 Å². The van der Waals surface area contributed by atoms with Gasteiger partial charge in [0, 0.05) is 24.3 Å². The molecule has 0 bridgehead atoms. The number of carbonyl (C=O) groups is 2. The second-order valence-electron chi connectivity index (χ2n) is 6.50. The van der Waals surface area contributed by atoms with Gasteiger partial charge in [0.05, 0.1) is 6.42 Å². The van der Waals surface area contributed by atoms with Crippen LogP contribution in [-0.4, -0.2) is 18.4 Å². The van der Waals surface area contributed by atoms with E-state index in [1.807, 2.05) is 54.3 Å². The highest BCUT2D eigenvalue weighted by Crippen LogP contribution is 2.23. The summed E-state index contributed by atoms with van der Waals surface area (Å²) in [6.07, 6.45) is 2.75. The monoisotopic (exact) mass is 336 g/mol. The molecule has 2 amide bonds. The largest absolute Gasteiger partial charge is 0.325 e. The third-order valence-electron chi connectivity index (χ3n) is 4.69. The molecule has 1 heterocycles. The fourth-order valence-electron chi connectivity index (χ4n) is 3.29. The lowest BCUT2D eigenvalue weighted by atomic mass is 10.1. The van der Waals surface area contributed by atoms with E-state index in [1.54, 1.807) is 0 Å². The molecular formula is C21H24N2O2. The lowest BCUT2D eigenvalue weighted by Gasteiger charge is -2.16. The van der Waals surface area contributed by atoms with Gasteiger partial charge in [0.25, 0.3) is 0 Å². The van der Waals surface area contributed by atoms with Gasteiger partial charge in [-0.25, -0.2) is 0 Å². The van der Waals surface area contributed by atoms with Crippen molar-refractivity contribution in [2.45, 2.75) is 39.5 Å². The molecule has 1 aliphatic heterocycles. The zero-order chi connectivity index (χ0) is 17.8. The average Bonchev–Trinajstić information content (AvgIpc) is 3.03. The van der Waals surface area contributed by atoms with Crippen LogP contribution in [0.25, 0.3) is 0 Å². The number of nitrogens with one attached hydrogen (secondary N) is 1. The van der Waals surface area contributed by atoms with Crippen LogP contribution in [0.1, 0.15) is 36.5 Å². The Morgan fingerprint density at radius 2 is 1.92 bits per heavy atom. The van der Waals surface area contributed by atoms with Gasteiger partial charge in [-0.05, 0) is 48.6 Å². The fraction of sp³-hybridized carbons (Fsp3) is 0.333. The van der Waals surface area contributed by atoms with Gasteiger partial charge < -0.3 is 10.2 Å². The molecule has 25 heavy (non-hydrogen) atoms. The third-order valence-corrected chi connectivity index (χ3v) is 4.69. The van der Waals surface area contributed by atoms with Crippen LogP contribution >= 0.6 is 0 Å². The van der Waals surface area contributed by atoms with Gasteiger partial charge in [0.1, 0.15) is 0 Å². The number of hydrogen-bond donors (Lipinski definition) is 1. The SMILES string of the molecule is CCc1cccc(C)c1NC(=O)Cc1ccc(N2CCCC2=O)cc1. The zero-order valence-electron chi connectivity index (χ0n) is 14.8. The molecule has 2 aromatic carbocycles. The number of carbonyl (C=O) groups excluding carboxylic acids is 2. The predicted octanol–water partition coefficient (Wildman–Crippen LogP) is 3.87. The molecule has 2 aromatic rings. The van der Waals surface area contributed by atoms with Crippen molar-refractivity contribution in [2.24, 2.45) is 0 Å². The molecule has 0 aromatic heterocycles. The molecule has 3 rings (SSSR count). The summed E-state index contributed by atoms with van der Waals surface area (Å²) in [6, 6.07) is 13.8. The van der Waals surface area contributed by atoms with Crippen LogP contribution in [0, 0.1) is 6.92 Å². The Bertz CT molecular complexity index is 781. The Hall–Kier alpha value is -2.62. The van der Waals surface area contributed by atoms with Crippen molar-refractivity contribution < 1.29 is 9.59 Å². The molecule has 0 unspecified atom stereocenters. The Kier molecular flexibility index (Phi) is 5.17. The van der Waals surface area contributed by atoms with Crippen molar-refractivity contribution in [3.05, 3.63) is 59.2 Å². The summed E-state index contributed by atoms with van der Waals surface area (Å²) >= 11 is 0. The first kappa shape index (κ1) is 17.2. The number of nitrogens with zero attached hydrogens (tertiary/aromatic N) is 1. The van der Waals surface area contributed by atoms with Gasteiger partial charge in [-0.2, -0.15) is 0 Å². The molecule has 1 N–H and O–H groups in total. The lowest BCUT2D eigenvalue weighted by molar-refractivity contribution is -0.117. The van der Waals surface area contributed by atoms with E-state index in [1.165, 1.54) is 0 Å². The van der Waals surface area contributed by atoms with Gasteiger partial charge in [-0.1, -0.05) is 37.3 Å². The summed E-state index contributed by atoms with van der Waals surface area (Å²) in [6.45, 7) is 4.88. The molecule has 4 nitrogen and oxygen atoms in total. The predicted molar refractivity (Wildman–Crippen MR) is 101 cm³/mol. The number of benzene rings is 2. The van der Waals surface area contributed by atoms with E-state index < -0.39 is 0 Å². The van der Waals surface area contributed by atoms with Gasteiger partial charge in [-0.3, -0.25) is 9.59 Å². The Balaban J connectivity index is 1.66. The third kappa shape index (κ3) is 3.90. The van der Waals surface area contributed by atoms with E-state index >= 15 is 0 Å². The smallest absolute Gasteiger partial charge is 0.228 e. The van der Waals surface area contributed by atoms with E-state index in [2.05, 4.69) is 12.2 Å². The van der Waals surface area contributed by atoms with Crippen LogP contribution in [0.15, 0.2) is 42.5 Å². The van der Waals surface area contributed by atoms with Crippen molar-refractivity contribution in [2.75, 3.05) is 16.8 Å². The number of para-hydroxylation sites is 1. The summed E-state index contributed by atoms with van der Waals surface area (Å²) < 4.78 is 0. The quantitative estimate of drug-likeness (QED) is 0.901. The summed E-state index contributed by atoms with van der Waals surface area (Å²) in [7, 11) is 0. The normalized spacial score (nSPS) is 14.0. The molecule has 0 saturated carbocycles. The van der Waals surface area contributed by atoms with E-state index in [4.69, 9.17) is 0 Å². The van der Waals surface area contributed by atoms with Crippen LogP contribution in [0.5, 0.6) is 0 Å². The second kappa shape index (κ2) is 7.51. The fourth-order valence-corrected chi connectivity index (χ4v) is 3.29. The van der Waals surface area contributed by atoms with Crippen molar-refractivity contribution in [3.63, 3.8) is 0 Å². The van der Waals surface area contributed by atoms with Gasteiger partial charge in [0.2, 0.25) is 11.8 Å². The molecule has 0 radical (unpaired) electrons. The Labute approximate surface area is 148 Å². The average molecular weight is 336 g/mol. The number of rotatable bonds is 5. The molecule has 0 aliphatic carbocycles. The van der Waals surface area contributed by atoms with E-state index in [0.29, 0.717) is 12.8 Å². The maximum Gasteiger partial charge on any atom is 0.228 e. The van der Waals surface area contributed by atoms with Crippen molar-refractivity contribution in [1.82, 2.24) is 0 Å². The molecular weight excluding hydrogens is 312 g/mol. The number of aryl methyl sites for hydroxylation is 2. The van der Waals surface area contributed by atoms with Crippen LogP contribution in [0.3, 0.4) is 0 Å². The van der Waals surface area contributed by atoms with Gasteiger partial charge >= 0.3 is 0 Å². The summed E-state index contributed by atoms with van der Waals surface area (Å²) in [5.74, 6) is 0.158. The van der Waals surface area contributed by atoms with Gasteiger partial charge in [0.15, 0.2) is 0 Å². The molecule has 0 spiro atoms. The first-order chi connectivity index (χ1) is 12.1. The number of amides is 2.